The molecule has 0 aliphatic heterocycles. The first-order chi connectivity index (χ1) is 13.6. The first-order valence-electron chi connectivity index (χ1n) is 9.75. The summed E-state index contributed by atoms with van der Waals surface area (Å²) in [6.45, 7) is 1.78. The Morgan fingerprint density at radius 1 is 1.21 bits per heavy atom. The standard InChI is InChI=1S/C19H24N6O2S/c1-12(17(26)22-18(27)21-14-6-2-3-7-14)28-19-24-23-16(25(19)15-8-9-15)13-5-4-10-20-11-13/h4-5,10-12,14-15H,2-3,6-9H2,1H3,(H2,21,22,26,27)/t12-/m0/s1. The molecule has 0 spiro atoms. The average Bonchev–Trinajstić information content (AvgIpc) is 3.24. The number of aromatic nitrogens is 4. The van der Waals surface area contributed by atoms with Gasteiger partial charge in [-0.25, -0.2) is 4.79 Å². The van der Waals surface area contributed by atoms with Gasteiger partial charge in [-0.2, -0.15) is 0 Å². The Morgan fingerprint density at radius 3 is 2.68 bits per heavy atom. The number of hydrogen-bond acceptors (Lipinski definition) is 6. The summed E-state index contributed by atoms with van der Waals surface area (Å²) < 4.78 is 2.09. The van der Waals surface area contributed by atoms with Crippen LogP contribution < -0.4 is 10.6 Å². The maximum absolute atomic E-state index is 12.4. The van der Waals surface area contributed by atoms with Crippen LogP contribution in [-0.2, 0) is 4.79 Å². The van der Waals surface area contributed by atoms with Gasteiger partial charge in [0.15, 0.2) is 11.0 Å². The van der Waals surface area contributed by atoms with E-state index in [2.05, 4.69) is 30.4 Å². The van der Waals surface area contributed by atoms with Gasteiger partial charge in [-0.05, 0) is 44.7 Å². The number of amides is 3. The molecule has 1 atom stereocenters. The first kappa shape index (κ1) is 18.9. The molecule has 3 amide bonds. The summed E-state index contributed by atoms with van der Waals surface area (Å²) in [5.74, 6) is 0.443. The van der Waals surface area contributed by atoms with Crippen LogP contribution in [-0.4, -0.2) is 43.0 Å². The van der Waals surface area contributed by atoms with Crippen molar-refractivity contribution in [2.75, 3.05) is 0 Å². The van der Waals surface area contributed by atoms with Gasteiger partial charge in [-0.3, -0.25) is 19.7 Å². The quantitative estimate of drug-likeness (QED) is 0.723. The van der Waals surface area contributed by atoms with Gasteiger partial charge in [0, 0.05) is 30.0 Å². The summed E-state index contributed by atoms with van der Waals surface area (Å²) >= 11 is 1.32. The molecule has 28 heavy (non-hydrogen) atoms. The highest BCUT2D eigenvalue weighted by atomic mass is 32.2. The second kappa shape index (κ2) is 8.30. The summed E-state index contributed by atoms with van der Waals surface area (Å²) in [6.07, 6.45) is 9.84. The Labute approximate surface area is 167 Å². The van der Waals surface area contributed by atoms with Crippen LogP contribution in [0.3, 0.4) is 0 Å². The molecule has 0 saturated heterocycles. The Hall–Kier alpha value is -2.42. The Balaban J connectivity index is 1.41. The SMILES string of the molecule is C[C@H](Sc1nnc(-c2cccnc2)n1C1CC1)C(=O)NC(=O)NC1CCCC1. The van der Waals surface area contributed by atoms with E-state index in [9.17, 15) is 9.59 Å². The molecular weight excluding hydrogens is 376 g/mol. The van der Waals surface area contributed by atoms with Crippen molar-refractivity contribution in [1.29, 1.82) is 0 Å². The molecule has 0 unspecified atom stereocenters. The van der Waals surface area contributed by atoms with E-state index in [4.69, 9.17) is 0 Å². The van der Waals surface area contributed by atoms with Crippen LogP contribution in [0.2, 0.25) is 0 Å². The lowest BCUT2D eigenvalue weighted by molar-refractivity contribution is -0.119. The minimum atomic E-state index is -0.460. The van der Waals surface area contributed by atoms with E-state index in [0.717, 1.165) is 49.9 Å². The Morgan fingerprint density at radius 2 is 2.00 bits per heavy atom. The van der Waals surface area contributed by atoms with Crippen molar-refractivity contribution in [1.82, 2.24) is 30.4 Å². The average molecular weight is 401 g/mol. The van der Waals surface area contributed by atoms with E-state index in [1.165, 1.54) is 11.8 Å². The summed E-state index contributed by atoms with van der Waals surface area (Å²) in [5.41, 5.74) is 0.904. The number of pyridine rings is 1. The summed E-state index contributed by atoms with van der Waals surface area (Å²) in [7, 11) is 0. The number of imide groups is 1. The third-order valence-electron chi connectivity index (χ3n) is 5.07. The maximum Gasteiger partial charge on any atom is 0.321 e. The van der Waals surface area contributed by atoms with Crippen LogP contribution in [0.15, 0.2) is 29.7 Å². The van der Waals surface area contributed by atoms with E-state index < -0.39 is 11.3 Å². The van der Waals surface area contributed by atoms with Crippen molar-refractivity contribution in [2.24, 2.45) is 0 Å². The van der Waals surface area contributed by atoms with Crippen molar-refractivity contribution in [3.8, 4) is 11.4 Å². The van der Waals surface area contributed by atoms with Crippen LogP contribution in [0.4, 0.5) is 4.79 Å². The largest absolute Gasteiger partial charge is 0.335 e. The number of rotatable bonds is 6. The molecule has 2 aliphatic rings. The molecule has 2 N–H and O–H groups in total. The number of thioether (sulfide) groups is 1. The van der Waals surface area contributed by atoms with E-state index in [1.54, 1.807) is 19.3 Å². The fraction of sp³-hybridized carbons (Fsp3) is 0.526. The molecule has 9 heteroatoms. The summed E-state index contributed by atoms with van der Waals surface area (Å²) in [5, 5.41) is 14.2. The van der Waals surface area contributed by atoms with Gasteiger partial charge in [0.1, 0.15) is 0 Å². The highest BCUT2D eigenvalue weighted by Crippen LogP contribution is 2.41. The summed E-state index contributed by atoms with van der Waals surface area (Å²) in [4.78, 5) is 28.7. The normalized spacial score (nSPS) is 18.0. The molecule has 0 bridgehead atoms. The molecule has 2 heterocycles. The fourth-order valence-electron chi connectivity index (χ4n) is 3.43. The van der Waals surface area contributed by atoms with Crippen LogP contribution >= 0.6 is 11.8 Å². The molecule has 8 nitrogen and oxygen atoms in total. The van der Waals surface area contributed by atoms with Gasteiger partial charge >= 0.3 is 6.03 Å². The smallest absolute Gasteiger partial charge is 0.321 e. The topological polar surface area (TPSA) is 102 Å². The first-order valence-corrected chi connectivity index (χ1v) is 10.6. The zero-order valence-corrected chi connectivity index (χ0v) is 16.6. The molecule has 2 aliphatic carbocycles. The van der Waals surface area contributed by atoms with Crippen molar-refractivity contribution in [2.45, 2.75) is 67.9 Å². The third-order valence-corrected chi connectivity index (χ3v) is 6.13. The molecule has 2 saturated carbocycles. The molecule has 2 fully saturated rings. The number of nitrogens with zero attached hydrogens (tertiary/aromatic N) is 4. The van der Waals surface area contributed by atoms with E-state index in [1.807, 2.05) is 12.1 Å². The number of nitrogens with one attached hydrogen (secondary N) is 2. The second-order valence-electron chi connectivity index (χ2n) is 7.35. The number of urea groups is 1. The predicted octanol–water partition coefficient (Wildman–Crippen LogP) is 2.92. The summed E-state index contributed by atoms with van der Waals surface area (Å²) in [6, 6.07) is 3.94. The fourth-order valence-corrected chi connectivity index (χ4v) is 4.35. The van der Waals surface area contributed by atoms with Crippen molar-refractivity contribution in [3.05, 3.63) is 24.5 Å². The number of hydrogen-bond donors (Lipinski definition) is 2. The lowest BCUT2D eigenvalue weighted by Gasteiger charge is -2.15. The maximum atomic E-state index is 12.4. The van der Waals surface area contributed by atoms with Gasteiger partial charge in [-0.15, -0.1) is 10.2 Å². The molecule has 2 aromatic rings. The zero-order chi connectivity index (χ0) is 19.5. The van der Waals surface area contributed by atoms with Crippen molar-refractivity contribution >= 4 is 23.7 Å². The Bertz CT molecular complexity index is 845. The highest BCUT2D eigenvalue weighted by Gasteiger charge is 2.32. The molecule has 2 aromatic heterocycles. The van der Waals surface area contributed by atoms with E-state index in [0.29, 0.717) is 11.2 Å². The van der Waals surface area contributed by atoms with Crippen molar-refractivity contribution in [3.63, 3.8) is 0 Å². The third kappa shape index (κ3) is 4.35. The lowest BCUT2D eigenvalue weighted by atomic mass is 10.2. The van der Waals surface area contributed by atoms with Crippen LogP contribution in [0.25, 0.3) is 11.4 Å². The van der Waals surface area contributed by atoms with Crippen LogP contribution in [0, 0.1) is 0 Å². The van der Waals surface area contributed by atoms with Crippen molar-refractivity contribution < 1.29 is 9.59 Å². The van der Waals surface area contributed by atoms with E-state index in [-0.39, 0.29) is 11.9 Å². The van der Waals surface area contributed by atoms with Gasteiger partial charge < -0.3 is 5.32 Å². The van der Waals surface area contributed by atoms with Crippen LogP contribution in [0.5, 0.6) is 0 Å². The van der Waals surface area contributed by atoms with E-state index >= 15 is 0 Å². The molecule has 148 valence electrons. The number of carbonyl (C=O) groups is 2. The Kier molecular flexibility index (Phi) is 5.61. The van der Waals surface area contributed by atoms with Gasteiger partial charge in [0.25, 0.3) is 0 Å². The van der Waals surface area contributed by atoms with Crippen LogP contribution in [0.1, 0.15) is 51.5 Å². The highest BCUT2D eigenvalue weighted by molar-refractivity contribution is 8.00. The van der Waals surface area contributed by atoms with Gasteiger partial charge in [0.2, 0.25) is 5.91 Å². The number of carbonyl (C=O) groups excluding carboxylic acids is 2. The minimum Gasteiger partial charge on any atom is -0.335 e. The zero-order valence-electron chi connectivity index (χ0n) is 15.8. The molecule has 0 aromatic carbocycles. The molecule has 0 radical (unpaired) electrons. The minimum absolute atomic E-state index is 0.177. The molecular formula is C19H24N6O2S. The predicted molar refractivity (Wildman–Crippen MR) is 106 cm³/mol. The molecule has 4 rings (SSSR count). The van der Waals surface area contributed by atoms with Gasteiger partial charge in [-0.1, -0.05) is 24.6 Å². The monoisotopic (exact) mass is 400 g/mol. The lowest BCUT2D eigenvalue weighted by Crippen LogP contribution is -2.45. The van der Waals surface area contributed by atoms with Gasteiger partial charge in [0.05, 0.1) is 5.25 Å². The second-order valence-corrected chi connectivity index (χ2v) is 8.66.